The van der Waals surface area contributed by atoms with Gasteiger partial charge in [0.05, 0.1) is 12.5 Å². The van der Waals surface area contributed by atoms with E-state index in [0.717, 1.165) is 5.56 Å². The first-order valence-corrected chi connectivity index (χ1v) is 10.4. The molecule has 0 radical (unpaired) electrons. The van der Waals surface area contributed by atoms with Gasteiger partial charge in [-0.1, -0.05) is 42.5 Å². The molecule has 0 spiro atoms. The highest BCUT2D eigenvalue weighted by molar-refractivity contribution is 5.80. The van der Waals surface area contributed by atoms with E-state index in [9.17, 15) is 9.59 Å². The van der Waals surface area contributed by atoms with Crippen LogP contribution in [0.15, 0.2) is 82.0 Å². The highest BCUT2D eigenvalue weighted by Crippen LogP contribution is 2.32. The molecule has 0 aliphatic heterocycles. The molecule has 0 atom stereocenters. The van der Waals surface area contributed by atoms with E-state index in [1.807, 2.05) is 36.4 Å². The largest absolute Gasteiger partial charge is 0.493 e. The number of hydrogen-bond donors (Lipinski definition) is 1. The third-order valence-electron chi connectivity index (χ3n) is 4.97. The third kappa shape index (κ3) is 5.15. The summed E-state index contributed by atoms with van der Waals surface area (Å²) in [4.78, 5) is 25.1. The monoisotopic (exact) mass is 445 g/mol. The predicted octanol–water partition coefficient (Wildman–Crippen LogP) is 4.60. The lowest BCUT2D eigenvalue weighted by molar-refractivity contribution is -0.123. The van der Waals surface area contributed by atoms with Crippen LogP contribution in [0.25, 0.3) is 11.0 Å². The molecular formula is C26H23NO6. The van der Waals surface area contributed by atoms with Crippen molar-refractivity contribution < 1.29 is 23.4 Å². The number of benzene rings is 3. The normalized spacial score (nSPS) is 10.6. The van der Waals surface area contributed by atoms with Gasteiger partial charge in [-0.25, -0.2) is 0 Å². The Kier molecular flexibility index (Phi) is 6.59. The van der Waals surface area contributed by atoms with Crippen molar-refractivity contribution in [2.45, 2.75) is 13.5 Å². The van der Waals surface area contributed by atoms with Crippen LogP contribution in [-0.4, -0.2) is 19.6 Å². The topological polar surface area (TPSA) is 87.0 Å². The Morgan fingerprint density at radius 2 is 1.70 bits per heavy atom. The molecule has 1 heterocycles. The number of para-hydroxylation sites is 2. The van der Waals surface area contributed by atoms with Crippen LogP contribution < -0.4 is 25.0 Å². The first-order valence-electron chi connectivity index (χ1n) is 10.4. The lowest BCUT2D eigenvalue weighted by atomic mass is 10.2. The Hall–Kier alpha value is -4.26. The molecule has 0 unspecified atom stereocenters. The van der Waals surface area contributed by atoms with Crippen LogP contribution in [0.4, 0.5) is 0 Å². The Morgan fingerprint density at radius 1 is 0.970 bits per heavy atom. The fourth-order valence-corrected chi connectivity index (χ4v) is 3.29. The van der Waals surface area contributed by atoms with Gasteiger partial charge < -0.3 is 23.9 Å². The summed E-state index contributed by atoms with van der Waals surface area (Å²) in [7, 11) is 1.53. The Morgan fingerprint density at radius 3 is 2.45 bits per heavy atom. The number of amides is 1. The number of carbonyl (C=O) groups is 1. The molecule has 0 saturated carbocycles. The van der Waals surface area contributed by atoms with Crippen molar-refractivity contribution in [3.63, 3.8) is 0 Å². The van der Waals surface area contributed by atoms with E-state index in [0.29, 0.717) is 40.5 Å². The molecule has 0 saturated heterocycles. The average Bonchev–Trinajstić information content (AvgIpc) is 2.84. The van der Waals surface area contributed by atoms with Crippen molar-refractivity contribution in [2.24, 2.45) is 0 Å². The molecule has 0 fully saturated rings. The summed E-state index contributed by atoms with van der Waals surface area (Å²) in [5.74, 6) is 1.48. The van der Waals surface area contributed by atoms with Crippen molar-refractivity contribution in [3.8, 4) is 23.0 Å². The summed E-state index contributed by atoms with van der Waals surface area (Å²) in [5, 5.41) is 3.14. The van der Waals surface area contributed by atoms with Crippen LogP contribution in [-0.2, 0) is 11.3 Å². The molecule has 33 heavy (non-hydrogen) atoms. The lowest BCUT2D eigenvalue weighted by Gasteiger charge is -2.12. The molecular weight excluding hydrogens is 422 g/mol. The van der Waals surface area contributed by atoms with Gasteiger partial charge in [0.25, 0.3) is 5.91 Å². The van der Waals surface area contributed by atoms with Crippen LogP contribution in [0.2, 0.25) is 0 Å². The van der Waals surface area contributed by atoms with Crippen LogP contribution in [0, 0.1) is 6.92 Å². The van der Waals surface area contributed by atoms with Crippen molar-refractivity contribution >= 4 is 16.9 Å². The predicted molar refractivity (Wildman–Crippen MR) is 124 cm³/mol. The molecule has 1 N–H and O–H groups in total. The Labute approximate surface area is 190 Å². The van der Waals surface area contributed by atoms with E-state index < -0.39 is 0 Å². The summed E-state index contributed by atoms with van der Waals surface area (Å²) in [6.07, 6.45) is 0. The molecule has 168 valence electrons. The second-order valence-corrected chi connectivity index (χ2v) is 7.28. The number of carbonyl (C=O) groups excluding carboxylic acids is 1. The first kappa shape index (κ1) is 22.0. The SMILES string of the molecule is COc1ccccc1Oc1c(C)oc2cc(OCC(=O)NCc3ccccc3)ccc2c1=O. The number of hydrogen-bond acceptors (Lipinski definition) is 6. The quantitative estimate of drug-likeness (QED) is 0.427. The zero-order valence-corrected chi connectivity index (χ0v) is 18.3. The van der Waals surface area contributed by atoms with Gasteiger partial charge in [-0.3, -0.25) is 9.59 Å². The minimum Gasteiger partial charge on any atom is -0.493 e. The summed E-state index contributed by atoms with van der Waals surface area (Å²) >= 11 is 0. The molecule has 4 rings (SSSR count). The summed E-state index contributed by atoms with van der Waals surface area (Å²) < 4.78 is 22.5. The van der Waals surface area contributed by atoms with Gasteiger partial charge in [-0.2, -0.15) is 0 Å². The molecule has 7 nitrogen and oxygen atoms in total. The standard InChI is InChI=1S/C26H23NO6/c1-17-26(33-22-11-7-6-10-21(22)30-2)25(29)20-13-12-19(14-23(20)32-17)31-16-24(28)27-15-18-8-4-3-5-9-18/h3-14H,15-16H2,1-2H3,(H,27,28). The average molecular weight is 445 g/mol. The van der Waals surface area contributed by atoms with Crippen LogP contribution >= 0.6 is 0 Å². The maximum Gasteiger partial charge on any atom is 0.258 e. The second-order valence-electron chi connectivity index (χ2n) is 7.28. The van der Waals surface area contributed by atoms with E-state index in [2.05, 4.69) is 5.32 Å². The summed E-state index contributed by atoms with van der Waals surface area (Å²) in [6, 6.07) is 21.4. The summed E-state index contributed by atoms with van der Waals surface area (Å²) in [5.41, 5.74) is 1.03. The number of fused-ring (bicyclic) bond motifs is 1. The minimum atomic E-state index is -0.313. The minimum absolute atomic E-state index is 0.0842. The third-order valence-corrected chi connectivity index (χ3v) is 4.97. The zero-order chi connectivity index (χ0) is 23.2. The highest BCUT2D eigenvalue weighted by atomic mass is 16.5. The van der Waals surface area contributed by atoms with Crippen molar-refractivity contribution in [1.82, 2.24) is 5.32 Å². The smallest absolute Gasteiger partial charge is 0.258 e. The van der Waals surface area contributed by atoms with E-state index in [-0.39, 0.29) is 23.7 Å². The van der Waals surface area contributed by atoms with E-state index in [4.69, 9.17) is 18.6 Å². The molecule has 0 aliphatic carbocycles. The van der Waals surface area contributed by atoms with Crippen LogP contribution in [0.5, 0.6) is 23.0 Å². The lowest BCUT2D eigenvalue weighted by Crippen LogP contribution is -2.28. The Bertz CT molecular complexity index is 1330. The van der Waals surface area contributed by atoms with Crippen molar-refractivity contribution in [3.05, 3.63) is 94.3 Å². The van der Waals surface area contributed by atoms with Gasteiger partial charge in [-0.05, 0) is 36.8 Å². The fourth-order valence-electron chi connectivity index (χ4n) is 3.29. The van der Waals surface area contributed by atoms with Crippen molar-refractivity contribution in [2.75, 3.05) is 13.7 Å². The number of aryl methyl sites for hydroxylation is 1. The molecule has 0 bridgehead atoms. The van der Waals surface area contributed by atoms with Gasteiger partial charge in [0.2, 0.25) is 11.2 Å². The summed E-state index contributed by atoms with van der Waals surface area (Å²) in [6.45, 7) is 1.91. The van der Waals surface area contributed by atoms with Crippen LogP contribution in [0.1, 0.15) is 11.3 Å². The number of rotatable bonds is 8. The van der Waals surface area contributed by atoms with E-state index in [1.165, 1.54) is 7.11 Å². The highest BCUT2D eigenvalue weighted by Gasteiger charge is 2.16. The molecule has 1 amide bonds. The van der Waals surface area contributed by atoms with Gasteiger partial charge >= 0.3 is 0 Å². The maximum atomic E-state index is 13.0. The van der Waals surface area contributed by atoms with Crippen molar-refractivity contribution in [1.29, 1.82) is 0 Å². The Balaban J connectivity index is 1.47. The molecule has 1 aromatic heterocycles. The fraction of sp³-hybridized carbons (Fsp3) is 0.154. The van der Waals surface area contributed by atoms with Gasteiger partial charge in [0.15, 0.2) is 18.1 Å². The van der Waals surface area contributed by atoms with E-state index in [1.54, 1.807) is 43.3 Å². The zero-order valence-electron chi connectivity index (χ0n) is 18.3. The van der Waals surface area contributed by atoms with Gasteiger partial charge in [0.1, 0.15) is 17.1 Å². The molecule has 0 aliphatic rings. The van der Waals surface area contributed by atoms with E-state index >= 15 is 0 Å². The maximum absolute atomic E-state index is 13.0. The number of nitrogens with one attached hydrogen (secondary N) is 1. The first-order chi connectivity index (χ1) is 16.0. The molecule has 3 aromatic carbocycles. The molecule has 4 aromatic rings. The second kappa shape index (κ2) is 9.91. The molecule has 7 heteroatoms. The van der Waals surface area contributed by atoms with Gasteiger partial charge in [0, 0.05) is 12.6 Å². The van der Waals surface area contributed by atoms with Gasteiger partial charge in [-0.15, -0.1) is 0 Å². The number of methoxy groups -OCH3 is 1. The van der Waals surface area contributed by atoms with Crippen LogP contribution in [0.3, 0.4) is 0 Å². The number of ether oxygens (including phenoxy) is 3.